The molecule has 3 nitrogen and oxygen atoms in total. The van der Waals surface area contributed by atoms with E-state index in [9.17, 15) is 0 Å². The predicted octanol–water partition coefficient (Wildman–Crippen LogP) is 1.45. The van der Waals surface area contributed by atoms with E-state index in [1.807, 2.05) is 0 Å². The SMILES string of the molecule is CC(O)COCCOCC(C)(C)C. The highest BCUT2D eigenvalue weighted by Crippen LogP contribution is 2.12. The third kappa shape index (κ3) is 11.9. The van der Waals surface area contributed by atoms with E-state index in [0.29, 0.717) is 19.8 Å². The zero-order valence-electron chi connectivity index (χ0n) is 9.17. The predicted molar refractivity (Wildman–Crippen MR) is 52.8 cm³/mol. The second kappa shape index (κ2) is 6.35. The number of hydrogen-bond donors (Lipinski definition) is 1. The quantitative estimate of drug-likeness (QED) is 0.644. The van der Waals surface area contributed by atoms with E-state index >= 15 is 0 Å². The van der Waals surface area contributed by atoms with Crippen LogP contribution in [0.25, 0.3) is 0 Å². The summed E-state index contributed by atoms with van der Waals surface area (Å²) >= 11 is 0. The minimum atomic E-state index is -0.386. The molecule has 1 N–H and O–H groups in total. The Morgan fingerprint density at radius 1 is 1.15 bits per heavy atom. The van der Waals surface area contributed by atoms with Crippen molar-refractivity contribution in [3.8, 4) is 0 Å². The van der Waals surface area contributed by atoms with Gasteiger partial charge in [-0.25, -0.2) is 0 Å². The summed E-state index contributed by atoms with van der Waals surface area (Å²) in [5, 5.41) is 8.87. The van der Waals surface area contributed by atoms with Gasteiger partial charge < -0.3 is 14.6 Å². The fourth-order valence-electron chi connectivity index (χ4n) is 0.750. The van der Waals surface area contributed by atoms with Gasteiger partial charge in [0.25, 0.3) is 0 Å². The highest BCUT2D eigenvalue weighted by molar-refractivity contribution is 4.58. The van der Waals surface area contributed by atoms with Crippen LogP contribution in [0.2, 0.25) is 0 Å². The molecule has 0 radical (unpaired) electrons. The average Bonchev–Trinajstić information content (AvgIpc) is 1.93. The summed E-state index contributed by atoms with van der Waals surface area (Å²) in [6, 6.07) is 0. The first-order valence-corrected chi connectivity index (χ1v) is 4.75. The zero-order chi connectivity index (χ0) is 10.3. The van der Waals surface area contributed by atoms with Crippen LogP contribution in [-0.4, -0.2) is 37.6 Å². The van der Waals surface area contributed by atoms with Gasteiger partial charge in [0.15, 0.2) is 0 Å². The van der Waals surface area contributed by atoms with Gasteiger partial charge in [0, 0.05) is 0 Å². The van der Waals surface area contributed by atoms with E-state index in [4.69, 9.17) is 14.6 Å². The third-order valence-electron chi connectivity index (χ3n) is 1.27. The van der Waals surface area contributed by atoms with Crippen LogP contribution >= 0.6 is 0 Å². The molecule has 0 heterocycles. The van der Waals surface area contributed by atoms with Crippen molar-refractivity contribution in [2.75, 3.05) is 26.4 Å². The van der Waals surface area contributed by atoms with Crippen molar-refractivity contribution in [2.24, 2.45) is 5.41 Å². The second-order valence-corrected chi connectivity index (χ2v) is 4.54. The first-order valence-electron chi connectivity index (χ1n) is 4.75. The van der Waals surface area contributed by atoms with Crippen molar-refractivity contribution in [1.29, 1.82) is 0 Å². The van der Waals surface area contributed by atoms with E-state index in [1.54, 1.807) is 6.92 Å². The highest BCUT2D eigenvalue weighted by atomic mass is 16.5. The van der Waals surface area contributed by atoms with Gasteiger partial charge in [0.1, 0.15) is 0 Å². The minimum absolute atomic E-state index is 0.213. The summed E-state index contributed by atoms with van der Waals surface area (Å²) in [5.74, 6) is 0. The molecular weight excluding hydrogens is 168 g/mol. The van der Waals surface area contributed by atoms with Crippen molar-refractivity contribution in [2.45, 2.75) is 33.8 Å². The molecule has 1 unspecified atom stereocenters. The lowest BCUT2D eigenvalue weighted by Crippen LogP contribution is -2.18. The number of hydrogen-bond acceptors (Lipinski definition) is 3. The van der Waals surface area contributed by atoms with Crippen LogP contribution in [0.5, 0.6) is 0 Å². The van der Waals surface area contributed by atoms with Gasteiger partial charge in [-0.2, -0.15) is 0 Å². The minimum Gasteiger partial charge on any atom is -0.391 e. The van der Waals surface area contributed by atoms with Crippen LogP contribution in [0.3, 0.4) is 0 Å². The molecule has 0 aliphatic carbocycles. The standard InChI is InChI=1S/C10H22O3/c1-9(11)7-12-5-6-13-8-10(2,3)4/h9,11H,5-8H2,1-4H3. The first kappa shape index (κ1) is 12.9. The smallest absolute Gasteiger partial charge is 0.0745 e. The lowest BCUT2D eigenvalue weighted by molar-refractivity contribution is -0.00529. The summed E-state index contributed by atoms with van der Waals surface area (Å²) in [7, 11) is 0. The Bertz CT molecular complexity index is 116. The normalized spacial score (nSPS) is 14.5. The van der Waals surface area contributed by atoms with Crippen molar-refractivity contribution in [1.82, 2.24) is 0 Å². The van der Waals surface area contributed by atoms with Gasteiger partial charge in [-0.05, 0) is 12.3 Å². The van der Waals surface area contributed by atoms with Crippen LogP contribution in [0.15, 0.2) is 0 Å². The molecule has 0 aromatic carbocycles. The molecule has 0 spiro atoms. The van der Waals surface area contributed by atoms with Gasteiger partial charge in [-0.3, -0.25) is 0 Å². The van der Waals surface area contributed by atoms with E-state index in [-0.39, 0.29) is 11.5 Å². The molecule has 0 aromatic rings. The molecule has 80 valence electrons. The highest BCUT2D eigenvalue weighted by Gasteiger charge is 2.09. The van der Waals surface area contributed by atoms with Gasteiger partial charge in [-0.1, -0.05) is 20.8 Å². The summed E-state index contributed by atoms with van der Waals surface area (Å²) in [4.78, 5) is 0. The van der Waals surface area contributed by atoms with E-state index < -0.39 is 0 Å². The van der Waals surface area contributed by atoms with Crippen LogP contribution in [0.1, 0.15) is 27.7 Å². The van der Waals surface area contributed by atoms with Crippen molar-refractivity contribution in [3.05, 3.63) is 0 Å². The third-order valence-corrected chi connectivity index (χ3v) is 1.27. The summed E-state index contributed by atoms with van der Waals surface area (Å²) < 4.78 is 10.5. The van der Waals surface area contributed by atoms with Crippen LogP contribution in [0, 0.1) is 5.41 Å². The van der Waals surface area contributed by atoms with E-state index in [1.165, 1.54) is 0 Å². The molecule has 0 amide bonds. The van der Waals surface area contributed by atoms with Crippen molar-refractivity contribution in [3.63, 3.8) is 0 Å². The molecule has 0 saturated carbocycles. The maximum absolute atomic E-state index is 8.87. The van der Waals surface area contributed by atoms with E-state index in [0.717, 1.165) is 6.61 Å². The molecule has 13 heavy (non-hydrogen) atoms. The Balaban J connectivity index is 3.09. The molecule has 0 aromatic heterocycles. The lowest BCUT2D eigenvalue weighted by atomic mass is 9.99. The maximum Gasteiger partial charge on any atom is 0.0745 e. The second-order valence-electron chi connectivity index (χ2n) is 4.54. The molecular formula is C10H22O3. The number of ether oxygens (including phenoxy) is 2. The molecule has 0 aliphatic heterocycles. The largest absolute Gasteiger partial charge is 0.391 e. The number of aliphatic hydroxyl groups excluding tert-OH is 1. The fourth-order valence-corrected chi connectivity index (χ4v) is 0.750. The zero-order valence-corrected chi connectivity index (χ0v) is 9.17. The average molecular weight is 190 g/mol. The van der Waals surface area contributed by atoms with Gasteiger partial charge in [0.2, 0.25) is 0 Å². The van der Waals surface area contributed by atoms with Gasteiger partial charge in [-0.15, -0.1) is 0 Å². The lowest BCUT2D eigenvalue weighted by Gasteiger charge is -2.17. The molecule has 0 fully saturated rings. The Morgan fingerprint density at radius 3 is 2.15 bits per heavy atom. The molecule has 0 aliphatic rings. The molecule has 0 rings (SSSR count). The Hall–Kier alpha value is -0.120. The van der Waals surface area contributed by atoms with Gasteiger partial charge >= 0.3 is 0 Å². The van der Waals surface area contributed by atoms with Crippen molar-refractivity contribution < 1.29 is 14.6 Å². The van der Waals surface area contributed by atoms with Gasteiger partial charge in [0.05, 0.1) is 32.5 Å². The molecule has 0 saturated heterocycles. The summed E-state index contributed by atoms with van der Waals surface area (Å²) in [5.41, 5.74) is 0.213. The monoisotopic (exact) mass is 190 g/mol. The summed E-state index contributed by atoms with van der Waals surface area (Å²) in [6.07, 6.45) is -0.386. The Kier molecular flexibility index (Phi) is 6.29. The first-order chi connectivity index (χ1) is 5.92. The Labute approximate surface area is 81.0 Å². The van der Waals surface area contributed by atoms with Crippen molar-refractivity contribution >= 4 is 0 Å². The fraction of sp³-hybridized carbons (Fsp3) is 1.00. The maximum atomic E-state index is 8.87. The molecule has 0 bridgehead atoms. The van der Waals surface area contributed by atoms with Crippen LogP contribution in [-0.2, 0) is 9.47 Å². The molecule has 3 heteroatoms. The van der Waals surface area contributed by atoms with E-state index in [2.05, 4.69) is 20.8 Å². The summed E-state index contributed by atoms with van der Waals surface area (Å²) in [6.45, 7) is 10.4. The Morgan fingerprint density at radius 2 is 1.69 bits per heavy atom. The van der Waals surface area contributed by atoms with Crippen LogP contribution in [0.4, 0.5) is 0 Å². The van der Waals surface area contributed by atoms with Crippen LogP contribution < -0.4 is 0 Å². The number of aliphatic hydroxyl groups is 1. The molecule has 1 atom stereocenters. The topological polar surface area (TPSA) is 38.7 Å². The number of rotatable bonds is 6.